The van der Waals surface area contributed by atoms with E-state index in [9.17, 15) is 27.6 Å². The van der Waals surface area contributed by atoms with E-state index in [0.717, 1.165) is 75.2 Å². The number of nitrogens with two attached hydrogens (primary N) is 1. The molecule has 3 aliphatic rings. The van der Waals surface area contributed by atoms with E-state index < -0.39 is 17.5 Å². The number of halogens is 3. The van der Waals surface area contributed by atoms with Crippen LogP contribution in [-0.2, 0) is 14.3 Å². The topological polar surface area (TPSA) is 122 Å². The van der Waals surface area contributed by atoms with Crippen molar-refractivity contribution in [3.8, 4) is 11.8 Å². The van der Waals surface area contributed by atoms with Crippen LogP contribution in [0.3, 0.4) is 0 Å². The van der Waals surface area contributed by atoms with Crippen molar-refractivity contribution in [2.24, 2.45) is 17.1 Å². The summed E-state index contributed by atoms with van der Waals surface area (Å²) in [5.41, 5.74) is 3.32. The molecule has 1 aromatic rings. The second-order valence-electron chi connectivity index (χ2n) is 10.5. The van der Waals surface area contributed by atoms with Gasteiger partial charge in [0.15, 0.2) is 6.29 Å². The van der Waals surface area contributed by atoms with E-state index >= 15 is 0 Å². The van der Waals surface area contributed by atoms with Gasteiger partial charge in [-0.05, 0) is 63.9 Å². The van der Waals surface area contributed by atoms with Crippen LogP contribution in [-0.4, -0.2) is 36.3 Å². The zero-order valence-electron chi connectivity index (χ0n) is 26.4. The van der Waals surface area contributed by atoms with E-state index in [4.69, 9.17) is 15.9 Å². The number of anilines is 1. The third-order valence-corrected chi connectivity index (χ3v) is 8.50. The van der Waals surface area contributed by atoms with Gasteiger partial charge in [-0.1, -0.05) is 65.2 Å². The van der Waals surface area contributed by atoms with E-state index in [0.29, 0.717) is 23.3 Å². The van der Waals surface area contributed by atoms with E-state index in [-0.39, 0.29) is 41.5 Å². The Labute approximate surface area is 264 Å². The fourth-order valence-electron chi connectivity index (χ4n) is 5.00. The minimum atomic E-state index is -4.35. The van der Waals surface area contributed by atoms with E-state index in [1.165, 1.54) is 18.6 Å². The molecule has 0 atom stereocenters. The molecule has 3 aliphatic carbocycles. The first kappa shape index (κ1) is 38.9. The van der Waals surface area contributed by atoms with Gasteiger partial charge in [-0.25, -0.2) is 0 Å². The molecule has 44 heavy (non-hydrogen) atoms. The highest BCUT2D eigenvalue weighted by Crippen LogP contribution is 2.52. The first-order valence-electron chi connectivity index (χ1n) is 15.8. The number of rotatable bonds is 6. The fourth-order valence-corrected chi connectivity index (χ4v) is 5.79. The van der Waals surface area contributed by atoms with Crippen molar-refractivity contribution in [3.63, 3.8) is 0 Å². The predicted octanol–water partition coefficient (Wildman–Crippen LogP) is 8.57. The zero-order chi connectivity index (χ0) is 33.2. The van der Waals surface area contributed by atoms with Gasteiger partial charge in [-0.3, -0.25) is 19.8 Å². The summed E-state index contributed by atoms with van der Waals surface area (Å²) in [6.45, 7) is 8.00. The molecule has 0 bridgehead atoms. The van der Waals surface area contributed by atoms with Gasteiger partial charge in [0.25, 0.3) is 0 Å². The second-order valence-corrected chi connectivity index (χ2v) is 11.6. The average Bonchev–Trinajstić information content (AvgIpc) is 3.39. The number of thiophene rings is 1. The Kier molecular flexibility index (Phi) is 17.7. The number of alkyl halides is 3. The van der Waals surface area contributed by atoms with Crippen LogP contribution in [0, 0.1) is 28.6 Å². The predicted molar refractivity (Wildman–Crippen MR) is 171 cm³/mol. The molecule has 1 aromatic heterocycles. The summed E-state index contributed by atoms with van der Waals surface area (Å²) in [5, 5.41) is 10.2. The molecule has 3 saturated carbocycles. The van der Waals surface area contributed by atoms with Crippen LogP contribution in [0.4, 0.5) is 18.9 Å². The van der Waals surface area contributed by atoms with Crippen LogP contribution in [0.1, 0.15) is 126 Å². The number of carbonyl (C=O) groups is 3. The van der Waals surface area contributed by atoms with Crippen molar-refractivity contribution in [1.82, 2.24) is 0 Å². The lowest BCUT2D eigenvalue weighted by atomic mass is 9.69. The van der Waals surface area contributed by atoms with Crippen molar-refractivity contribution < 1.29 is 32.3 Å². The van der Waals surface area contributed by atoms with Gasteiger partial charge < -0.3 is 15.8 Å². The maximum atomic E-state index is 13.2. The van der Waals surface area contributed by atoms with Crippen molar-refractivity contribution in [2.45, 2.75) is 123 Å². The van der Waals surface area contributed by atoms with Crippen LogP contribution in [0.25, 0.3) is 0 Å². The quantitative estimate of drug-likeness (QED) is 0.0949. The van der Waals surface area contributed by atoms with Crippen LogP contribution in [0.5, 0.6) is 0 Å². The number of aldehydes is 1. The summed E-state index contributed by atoms with van der Waals surface area (Å²) >= 11 is 1.01. The number of nitrogens with one attached hydrogen (secondary N) is 2. The molecule has 0 aromatic carbocycles. The Morgan fingerprint density at radius 3 is 2.05 bits per heavy atom. The molecular formula is C33H48F3N3O4S. The highest BCUT2D eigenvalue weighted by molar-refractivity contribution is 7.14. The third-order valence-electron chi connectivity index (χ3n) is 7.52. The van der Waals surface area contributed by atoms with Gasteiger partial charge in [0.05, 0.1) is 15.4 Å². The Balaban J connectivity index is 0.000000455. The third kappa shape index (κ3) is 12.5. The minimum absolute atomic E-state index is 0.0146. The molecular weight excluding hydrogens is 591 g/mol. The molecule has 2 amide bonds. The van der Waals surface area contributed by atoms with Crippen LogP contribution >= 0.6 is 11.3 Å². The maximum absolute atomic E-state index is 13.2. The van der Waals surface area contributed by atoms with Crippen molar-refractivity contribution in [3.05, 3.63) is 28.0 Å². The Bertz CT molecular complexity index is 1150. The lowest BCUT2D eigenvalue weighted by molar-refractivity contribution is -0.225. The van der Waals surface area contributed by atoms with Gasteiger partial charge in [0.2, 0.25) is 17.7 Å². The monoisotopic (exact) mass is 639 g/mol. The number of amides is 2. The lowest BCUT2D eigenvalue weighted by Crippen LogP contribution is -2.42. The Morgan fingerprint density at radius 1 is 1.00 bits per heavy atom. The number of carbonyl (C=O) groups excluding carboxylic acids is 3. The first-order chi connectivity index (χ1) is 21.0. The number of ether oxygens (including phenoxy) is 1. The molecule has 246 valence electrons. The van der Waals surface area contributed by atoms with Gasteiger partial charge in [-0.2, -0.15) is 13.2 Å². The van der Waals surface area contributed by atoms with Gasteiger partial charge in [0, 0.05) is 18.1 Å². The van der Waals surface area contributed by atoms with Gasteiger partial charge in [-0.15, -0.1) is 11.3 Å². The van der Waals surface area contributed by atoms with Crippen LogP contribution < -0.4 is 11.1 Å². The molecule has 4 rings (SSSR count). The van der Waals surface area contributed by atoms with E-state index in [2.05, 4.69) is 17.2 Å². The molecule has 7 nitrogen and oxygen atoms in total. The zero-order valence-corrected chi connectivity index (χ0v) is 27.2. The summed E-state index contributed by atoms with van der Waals surface area (Å²) in [7, 11) is 0. The largest absolute Gasteiger partial charge is 0.475 e. The van der Waals surface area contributed by atoms with E-state index in [1.807, 2.05) is 27.7 Å². The summed E-state index contributed by atoms with van der Waals surface area (Å²) in [6, 6.07) is 1.50. The number of hydrogen-bond donors (Lipinski definition) is 3. The molecule has 0 saturated heterocycles. The molecule has 11 heteroatoms. The normalized spacial score (nSPS) is 17.8. The van der Waals surface area contributed by atoms with Crippen molar-refractivity contribution >= 4 is 41.0 Å². The average molecular weight is 640 g/mol. The summed E-state index contributed by atoms with van der Waals surface area (Å²) in [5.74, 6) is 4.23. The fraction of sp³-hybridized carbons (Fsp3) is 0.636. The Morgan fingerprint density at radius 2 is 1.57 bits per heavy atom. The molecule has 0 aliphatic heterocycles. The Hall–Kier alpha value is -3.13. The summed E-state index contributed by atoms with van der Waals surface area (Å²) in [4.78, 5) is 34.6. The SMILES string of the molecule is CC.CC.N=C(/C=C\C(N)=O)OC1CCCCC1.O=Cc1sc(C#CC2(C(F)(F)F)CCC2)cc1NC(=O)C1CCCCC1. The number of hydrogen-bond acceptors (Lipinski definition) is 6. The molecule has 0 unspecified atom stereocenters. The molecule has 1 heterocycles. The smallest absolute Gasteiger partial charge is 0.405 e. The molecule has 0 radical (unpaired) electrons. The summed E-state index contributed by atoms with van der Waals surface area (Å²) in [6.07, 6.45) is 9.80. The minimum Gasteiger partial charge on any atom is -0.475 e. The van der Waals surface area contributed by atoms with Gasteiger partial charge >= 0.3 is 6.18 Å². The van der Waals surface area contributed by atoms with Crippen LogP contribution in [0.15, 0.2) is 18.2 Å². The van der Waals surface area contributed by atoms with Crippen molar-refractivity contribution in [2.75, 3.05) is 5.32 Å². The van der Waals surface area contributed by atoms with E-state index in [1.54, 1.807) is 0 Å². The number of primary amides is 1. The van der Waals surface area contributed by atoms with Gasteiger partial charge in [0.1, 0.15) is 11.5 Å². The van der Waals surface area contributed by atoms with Crippen molar-refractivity contribution in [1.29, 1.82) is 5.41 Å². The highest BCUT2D eigenvalue weighted by atomic mass is 32.1. The first-order valence-corrected chi connectivity index (χ1v) is 16.6. The highest BCUT2D eigenvalue weighted by Gasteiger charge is 2.57. The lowest BCUT2D eigenvalue weighted by Gasteiger charge is -2.38. The second kappa shape index (κ2) is 20.0. The molecule has 3 fully saturated rings. The standard InChI is InChI=1S/C19H20F3NO2S.C10H16N2O2.2C2H6/c20-19(21,22)18(8-4-9-18)10-7-14-11-15(16(12-24)26-14)23-17(25)13-5-2-1-3-6-13;11-9(13)6-7-10(12)14-8-4-2-1-3-5-8;2*1-2/h11-13H,1-6,8-9H2,(H,23,25);6-8,12H,1-5H2,(H2,11,13);2*1-2H3/b;7-6-,12-10?;;. The summed E-state index contributed by atoms with van der Waals surface area (Å²) < 4.78 is 44.9. The van der Waals surface area contributed by atoms with Crippen LogP contribution in [0.2, 0.25) is 0 Å². The molecule has 0 spiro atoms. The maximum Gasteiger partial charge on any atom is 0.405 e. The molecule has 4 N–H and O–H groups in total.